The molecule has 0 saturated carbocycles. The first kappa shape index (κ1) is 18.5. The number of aromatic nitrogens is 4. The average molecular weight is 399 g/mol. The van der Waals surface area contributed by atoms with Crippen LogP contribution in [0.4, 0.5) is 0 Å². The predicted octanol–water partition coefficient (Wildman–Crippen LogP) is 2.13. The Morgan fingerprint density at radius 3 is 2.89 bits per heavy atom. The van der Waals surface area contributed by atoms with Gasteiger partial charge in [0.1, 0.15) is 6.61 Å². The molecule has 1 atom stereocenters. The van der Waals surface area contributed by atoms with E-state index in [1.54, 1.807) is 16.5 Å². The van der Waals surface area contributed by atoms with Crippen molar-refractivity contribution in [2.24, 2.45) is 0 Å². The lowest BCUT2D eigenvalue weighted by atomic mass is 10.2. The van der Waals surface area contributed by atoms with Gasteiger partial charge in [0.25, 0.3) is 5.78 Å². The van der Waals surface area contributed by atoms with Gasteiger partial charge in [0.15, 0.2) is 17.6 Å². The fourth-order valence-electron chi connectivity index (χ4n) is 3.01. The van der Waals surface area contributed by atoms with Gasteiger partial charge in [-0.05, 0) is 32.0 Å². The van der Waals surface area contributed by atoms with E-state index in [-0.39, 0.29) is 17.8 Å². The molecule has 1 aromatic carbocycles. The molecular formula is C19H21N5O3S. The van der Waals surface area contributed by atoms with Gasteiger partial charge in [-0.25, -0.2) is 9.50 Å². The Kier molecular flexibility index (Phi) is 5.08. The summed E-state index contributed by atoms with van der Waals surface area (Å²) < 4.78 is 13.3. The standard InChI is InChI=1S/C19H21N5O3S/c1-12-8-13(2)24-18(20-12)21-19(22-24)28-11-17(25)23(3)9-14-10-26-15-6-4-5-7-16(15)27-14/h4-8,14H,9-11H2,1-3H3/t14-/m0/s1. The van der Waals surface area contributed by atoms with Crippen LogP contribution >= 0.6 is 11.8 Å². The summed E-state index contributed by atoms with van der Waals surface area (Å²) in [5, 5.41) is 4.95. The Morgan fingerprint density at radius 1 is 1.29 bits per heavy atom. The number of thioether (sulfide) groups is 1. The molecule has 3 heterocycles. The summed E-state index contributed by atoms with van der Waals surface area (Å²) in [4.78, 5) is 22.9. The number of hydrogen-bond acceptors (Lipinski definition) is 7. The number of fused-ring (bicyclic) bond motifs is 2. The zero-order valence-corrected chi connectivity index (χ0v) is 16.8. The molecule has 3 aromatic rings. The number of aryl methyl sites for hydroxylation is 2. The Balaban J connectivity index is 1.33. The van der Waals surface area contributed by atoms with Gasteiger partial charge in [-0.1, -0.05) is 23.9 Å². The van der Waals surface area contributed by atoms with Gasteiger partial charge in [0.05, 0.1) is 12.3 Å². The van der Waals surface area contributed by atoms with E-state index < -0.39 is 0 Å². The summed E-state index contributed by atoms with van der Waals surface area (Å²) in [6.45, 7) is 4.74. The highest BCUT2D eigenvalue weighted by Crippen LogP contribution is 2.31. The minimum Gasteiger partial charge on any atom is -0.486 e. The van der Waals surface area contributed by atoms with Crippen LogP contribution in [0.5, 0.6) is 11.5 Å². The molecule has 146 valence electrons. The number of benzene rings is 1. The van der Waals surface area contributed by atoms with Gasteiger partial charge >= 0.3 is 0 Å². The highest BCUT2D eigenvalue weighted by Gasteiger charge is 2.24. The van der Waals surface area contributed by atoms with E-state index in [4.69, 9.17) is 9.47 Å². The molecule has 1 amide bonds. The maximum atomic E-state index is 12.5. The van der Waals surface area contributed by atoms with Crippen LogP contribution in [-0.4, -0.2) is 62.4 Å². The van der Waals surface area contributed by atoms with Gasteiger partial charge < -0.3 is 14.4 Å². The molecule has 1 aliphatic rings. The van der Waals surface area contributed by atoms with E-state index in [0.717, 1.165) is 17.1 Å². The first-order valence-corrected chi connectivity index (χ1v) is 9.94. The lowest BCUT2D eigenvalue weighted by molar-refractivity contribution is -0.128. The first-order chi connectivity index (χ1) is 13.5. The minimum atomic E-state index is -0.197. The number of likely N-dealkylation sites (N-methyl/N-ethyl adjacent to an activating group) is 1. The third-order valence-corrected chi connectivity index (χ3v) is 5.22. The Hall–Kier alpha value is -2.81. The van der Waals surface area contributed by atoms with Crippen molar-refractivity contribution in [1.29, 1.82) is 0 Å². The molecule has 0 N–H and O–H groups in total. The van der Waals surface area contributed by atoms with Crippen molar-refractivity contribution in [2.75, 3.05) is 26.0 Å². The third-order valence-electron chi connectivity index (χ3n) is 4.39. The van der Waals surface area contributed by atoms with E-state index in [1.807, 2.05) is 44.2 Å². The number of amides is 1. The largest absolute Gasteiger partial charge is 0.486 e. The Morgan fingerprint density at radius 2 is 2.07 bits per heavy atom. The van der Waals surface area contributed by atoms with Crippen molar-refractivity contribution in [1.82, 2.24) is 24.5 Å². The van der Waals surface area contributed by atoms with Gasteiger partial charge in [-0.3, -0.25) is 4.79 Å². The fourth-order valence-corrected chi connectivity index (χ4v) is 3.76. The van der Waals surface area contributed by atoms with Crippen LogP contribution in [0.1, 0.15) is 11.4 Å². The predicted molar refractivity (Wildman–Crippen MR) is 105 cm³/mol. The topological polar surface area (TPSA) is 81.9 Å². The number of para-hydroxylation sites is 2. The van der Waals surface area contributed by atoms with Crippen molar-refractivity contribution in [2.45, 2.75) is 25.1 Å². The number of carbonyl (C=O) groups excluding carboxylic acids is 1. The maximum absolute atomic E-state index is 12.5. The van der Waals surface area contributed by atoms with Crippen molar-refractivity contribution in [3.05, 3.63) is 41.7 Å². The summed E-state index contributed by atoms with van der Waals surface area (Å²) in [5.41, 5.74) is 1.85. The molecule has 0 unspecified atom stereocenters. The summed E-state index contributed by atoms with van der Waals surface area (Å²) >= 11 is 1.30. The van der Waals surface area contributed by atoms with Crippen molar-refractivity contribution in [3.63, 3.8) is 0 Å². The normalized spacial score (nSPS) is 15.6. The molecule has 0 saturated heterocycles. The molecule has 4 rings (SSSR count). The zero-order valence-electron chi connectivity index (χ0n) is 16.0. The van der Waals surface area contributed by atoms with Crippen molar-refractivity contribution in [3.8, 4) is 11.5 Å². The lowest BCUT2D eigenvalue weighted by Crippen LogP contribution is -2.42. The molecule has 28 heavy (non-hydrogen) atoms. The van der Waals surface area contributed by atoms with Crippen LogP contribution < -0.4 is 9.47 Å². The van der Waals surface area contributed by atoms with E-state index in [9.17, 15) is 4.79 Å². The summed E-state index contributed by atoms with van der Waals surface area (Å²) in [6, 6.07) is 9.49. The molecule has 2 aromatic heterocycles. The smallest absolute Gasteiger partial charge is 0.253 e. The van der Waals surface area contributed by atoms with Crippen LogP contribution in [0.2, 0.25) is 0 Å². The van der Waals surface area contributed by atoms with Crippen molar-refractivity contribution >= 4 is 23.4 Å². The summed E-state index contributed by atoms with van der Waals surface area (Å²) in [6.07, 6.45) is -0.197. The minimum absolute atomic E-state index is 0.0211. The van der Waals surface area contributed by atoms with E-state index in [2.05, 4.69) is 15.1 Å². The molecule has 1 aliphatic heterocycles. The summed E-state index contributed by atoms with van der Waals surface area (Å²) in [5.74, 6) is 2.22. The zero-order chi connectivity index (χ0) is 19.7. The van der Waals surface area contributed by atoms with Crippen LogP contribution in [0, 0.1) is 13.8 Å². The number of ether oxygens (including phenoxy) is 2. The second-order valence-corrected chi connectivity index (χ2v) is 7.65. The average Bonchev–Trinajstić information content (AvgIpc) is 3.09. The summed E-state index contributed by atoms with van der Waals surface area (Å²) in [7, 11) is 1.76. The second kappa shape index (κ2) is 7.67. The van der Waals surface area contributed by atoms with Crippen LogP contribution in [0.3, 0.4) is 0 Å². The Bertz CT molecular complexity index is 1020. The van der Waals surface area contributed by atoms with E-state index in [0.29, 0.717) is 29.8 Å². The van der Waals surface area contributed by atoms with Crippen molar-refractivity contribution < 1.29 is 14.3 Å². The fraction of sp³-hybridized carbons (Fsp3) is 0.368. The van der Waals surface area contributed by atoms with Gasteiger partial charge in [-0.2, -0.15) is 4.98 Å². The molecule has 8 nitrogen and oxygen atoms in total. The SMILES string of the molecule is Cc1cc(C)n2nc(SCC(=O)N(C)C[C@H]3COc4ccccc4O3)nc2n1. The molecular weight excluding hydrogens is 378 g/mol. The van der Waals surface area contributed by atoms with E-state index >= 15 is 0 Å². The number of nitrogens with zero attached hydrogens (tertiary/aromatic N) is 5. The number of carbonyl (C=O) groups is 1. The monoisotopic (exact) mass is 399 g/mol. The second-order valence-electron chi connectivity index (χ2n) is 6.71. The molecule has 9 heteroatoms. The van der Waals surface area contributed by atoms with Gasteiger partial charge in [0, 0.05) is 18.4 Å². The Labute approximate surface area is 166 Å². The van der Waals surface area contributed by atoms with Crippen LogP contribution in [0.25, 0.3) is 5.78 Å². The van der Waals surface area contributed by atoms with E-state index in [1.165, 1.54) is 11.8 Å². The molecule has 0 bridgehead atoms. The highest BCUT2D eigenvalue weighted by molar-refractivity contribution is 7.99. The first-order valence-electron chi connectivity index (χ1n) is 8.96. The molecule has 0 aliphatic carbocycles. The molecule has 0 spiro atoms. The van der Waals surface area contributed by atoms with Gasteiger partial charge in [-0.15, -0.1) is 5.10 Å². The molecule has 0 radical (unpaired) electrons. The quantitative estimate of drug-likeness (QED) is 0.608. The third kappa shape index (κ3) is 3.89. The maximum Gasteiger partial charge on any atom is 0.253 e. The van der Waals surface area contributed by atoms with Crippen LogP contribution in [0.15, 0.2) is 35.5 Å². The molecule has 0 fully saturated rings. The van der Waals surface area contributed by atoms with Gasteiger partial charge in [0.2, 0.25) is 11.1 Å². The van der Waals surface area contributed by atoms with Crippen LogP contribution in [-0.2, 0) is 4.79 Å². The number of hydrogen-bond donors (Lipinski definition) is 0. The highest BCUT2D eigenvalue weighted by atomic mass is 32.2. The lowest BCUT2D eigenvalue weighted by Gasteiger charge is -2.29. The number of rotatable bonds is 5.